The Morgan fingerprint density at radius 1 is 0.840 bits per heavy atom. The Hall–Kier alpha value is -2.14. The second-order valence-electron chi connectivity index (χ2n) is 5.00. The summed E-state index contributed by atoms with van der Waals surface area (Å²) in [5, 5.41) is -0.103. The van der Waals surface area contributed by atoms with Crippen LogP contribution in [0.3, 0.4) is 0 Å². The monoisotopic (exact) mass is 383 g/mol. The largest absolute Gasteiger partial charge is 0.429 e. The van der Waals surface area contributed by atoms with Crippen molar-refractivity contribution in [2.75, 3.05) is 0 Å². The molecule has 25 heavy (non-hydrogen) atoms. The highest BCUT2D eigenvalue weighted by Gasteiger charge is 2.85. The van der Waals surface area contributed by atoms with Crippen molar-refractivity contribution in [2.24, 2.45) is 0 Å². The number of nitrogens with one attached hydrogen (secondary N) is 1. The summed E-state index contributed by atoms with van der Waals surface area (Å²) in [7, 11) is 0. The third-order valence-electron chi connectivity index (χ3n) is 3.25. The fourth-order valence-corrected chi connectivity index (χ4v) is 1.76. The number of hydrogen-bond acceptors (Lipinski definition) is 2. The van der Waals surface area contributed by atoms with Gasteiger partial charge in [-0.3, -0.25) is 5.32 Å². The summed E-state index contributed by atoms with van der Waals surface area (Å²) in [5.74, 6) is -0.527. The molecular weight excluding hydrogens is 373 g/mol. The quantitative estimate of drug-likeness (QED) is 0.744. The summed E-state index contributed by atoms with van der Waals surface area (Å²) in [6.07, 6.45) is -23.3. The molecule has 142 valence electrons. The van der Waals surface area contributed by atoms with Crippen LogP contribution in [0.4, 0.5) is 44.3 Å². The first-order valence-corrected chi connectivity index (χ1v) is 6.30. The minimum Gasteiger partial charge on any atom is -0.410 e. The molecule has 1 aromatic rings. The van der Waals surface area contributed by atoms with Crippen LogP contribution in [-0.2, 0) is 0 Å². The Morgan fingerprint density at radius 3 is 1.64 bits per heavy atom. The van der Waals surface area contributed by atoms with Crippen LogP contribution in [0, 0.1) is 13.8 Å². The van der Waals surface area contributed by atoms with E-state index >= 15 is 0 Å². The lowest BCUT2D eigenvalue weighted by Crippen LogP contribution is -2.75. The average Bonchev–Trinajstić information content (AvgIpc) is 2.36. The fraction of sp³-hybridized carbons (Fsp3) is 0.462. The standard InChI is InChI=1S/C13H10F9NO2/c1-6-3-4-8(5-7(6)2)25-9(24)23-10(11(14,15)16,12(17,18)19)13(20,21)22/h3-5H,1-2H3,(H,23,24). The Balaban J connectivity index is 3.26. The van der Waals surface area contributed by atoms with E-state index in [1.54, 1.807) is 6.92 Å². The van der Waals surface area contributed by atoms with Crippen molar-refractivity contribution in [3.8, 4) is 5.75 Å². The maximum atomic E-state index is 12.7. The van der Waals surface area contributed by atoms with E-state index in [2.05, 4.69) is 4.74 Å². The van der Waals surface area contributed by atoms with E-state index in [4.69, 9.17) is 0 Å². The molecule has 0 aliphatic rings. The Kier molecular flexibility index (Phi) is 5.27. The topological polar surface area (TPSA) is 38.3 Å². The molecule has 0 aromatic heterocycles. The van der Waals surface area contributed by atoms with Crippen LogP contribution in [0.2, 0.25) is 0 Å². The zero-order chi connectivity index (χ0) is 19.8. The third-order valence-corrected chi connectivity index (χ3v) is 3.25. The molecule has 0 atom stereocenters. The van der Waals surface area contributed by atoms with Gasteiger partial charge in [0.05, 0.1) is 0 Å². The summed E-state index contributed by atoms with van der Waals surface area (Å²) in [6, 6.07) is 3.37. The minimum atomic E-state index is -6.91. The van der Waals surface area contributed by atoms with E-state index < -0.39 is 35.9 Å². The van der Waals surface area contributed by atoms with Crippen molar-refractivity contribution in [3.05, 3.63) is 29.3 Å². The number of alkyl halides is 9. The zero-order valence-corrected chi connectivity index (χ0v) is 12.5. The lowest BCUT2D eigenvalue weighted by Gasteiger charge is -2.38. The summed E-state index contributed by atoms with van der Waals surface area (Å²) < 4.78 is 118. The normalized spacial score (nSPS) is 13.6. The minimum absolute atomic E-state index is 0.103. The van der Waals surface area contributed by atoms with E-state index in [1.165, 1.54) is 13.0 Å². The van der Waals surface area contributed by atoms with Crippen molar-refractivity contribution < 1.29 is 49.0 Å². The molecule has 0 saturated heterocycles. The molecule has 1 amide bonds. The van der Waals surface area contributed by atoms with Gasteiger partial charge in [-0.25, -0.2) is 4.79 Å². The SMILES string of the molecule is Cc1ccc(OC(=O)NC(C(F)(F)F)(C(F)(F)F)C(F)(F)F)cc1C. The molecule has 0 heterocycles. The van der Waals surface area contributed by atoms with Crippen molar-refractivity contribution >= 4 is 6.09 Å². The molecule has 3 nitrogen and oxygen atoms in total. The van der Waals surface area contributed by atoms with Crippen molar-refractivity contribution in [1.29, 1.82) is 0 Å². The Morgan fingerprint density at radius 2 is 1.28 bits per heavy atom. The molecule has 0 fully saturated rings. The molecule has 0 saturated carbocycles. The number of halogens is 9. The average molecular weight is 383 g/mol. The number of carbonyl (C=O) groups excluding carboxylic acids is 1. The van der Waals surface area contributed by atoms with Gasteiger partial charge in [0.2, 0.25) is 0 Å². The Bertz CT molecular complexity index is 610. The maximum absolute atomic E-state index is 12.7. The van der Waals surface area contributed by atoms with Gasteiger partial charge in [0.1, 0.15) is 5.75 Å². The molecule has 0 aliphatic heterocycles. The highest BCUT2D eigenvalue weighted by Crippen LogP contribution is 2.52. The van der Waals surface area contributed by atoms with Gasteiger partial charge in [-0.15, -0.1) is 0 Å². The van der Waals surface area contributed by atoms with Crippen molar-refractivity contribution in [2.45, 2.75) is 37.9 Å². The van der Waals surface area contributed by atoms with Gasteiger partial charge in [-0.2, -0.15) is 39.5 Å². The Labute approximate surface area is 134 Å². The lowest BCUT2D eigenvalue weighted by molar-refractivity contribution is -0.386. The van der Waals surface area contributed by atoms with Crippen LogP contribution in [0.1, 0.15) is 11.1 Å². The second-order valence-corrected chi connectivity index (χ2v) is 5.00. The predicted molar refractivity (Wildman–Crippen MR) is 66.0 cm³/mol. The first-order chi connectivity index (χ1) is 11.0. The zero-order valence-electron chi connectivity index (χ0n) is 12.5. The maximum Gasteiger partial charge on any atom is 0.429 e. The van der Waals surface area contributed by atoms with Crippen LogP contribution in [0.5, 0.6) is 5.75 Å². The van der Waals surface area contributed by atoms with Crippen LogP contribution < -0.4 is 10.1 Å². The molecule has 0 unspecified atom stereocenters. The molecule has 1 aromatic carbocycles. The van der Waals surface area contributed by atoms with Gasteiger partial charge in [0.15, 0.2) is 0 Å². The van der Waals surface area contributed by atoms with Crippen LogP contribution in [0.15, 0.2) is 18.2 Å². The first-order valence-electron chi connectivity index (χ1n) is 6.30. The number of ether oxygens (including phenoxy) is 1. The molecule has 1 N–H and O–H groups in total. The molecule has 0 bridgehead atoms. The number of amides is 1. The smallest absolute Gasteiger partial charge is 0.410 e. The number of aryl methyl sites for hydroxylation is 2. The van der Waals surface area contributed by atoms with Crippen LogP contribution >= 0.6 is 0 Å². The van der Waals surface area contributed by atoms with E-state index in [-0.39, 0.29) is 5.32 Å². The van der Waals surface area contributed by atoms with Crippen molar-refractivity contribution in [3.63, 3.8) is 0 Å². The fourth-order valence-electron chi connectivity index (χ4n) is 1.76. The van der Waals surface area contributed by atoms with E-state index in [1.807, 2.05) is 0 Å². The van der Waals surface area contributed by atoms with Gasteiger partial charge in [0, 0.05) is 0 Å². The number of rotatable bonds is 2. The van der Waals surface area contributed by atoms with Crippen LogP contribution in [0.25, 0.3) is 0 Å². The first kappa shape index (κ1) is 20.9. The lowest BCUT2D eigenvalue weighted by atomic mass is 9.97. The number of benzene rings is 1. The molecule has 0 spiro atoms. The highest BCUT2D eigenvalue weighted by atomic mass is 19.4. The van der Waals surface area contributed by atoms with Gasteiger partial charge in [0.25, 0.3) is 0 Å². The third kappa shape index (κ3) is 3.93. The van der Waals surface area contributed by atoms with E-state index in [0.29, 0.717) is 11.1 Å². The molecule has 12 heteroatoms. The number of hydrogen-bond donors (Lipinski definition) is 1. The van der Waals surface area contributed by atoms with Crippen LogP contribution in [-0.4, -0.2) is 30.2 Å². The van der Waals surface area contributed by atoms with Gasteiger partial charge >= 0.3 is 30.2 Å². The van der Waals surface area contributed by atoms with Gasteiger partial charge in [-0.1, -0.05) is 6.07 Å². The van der Waals surface area contributed by atoms with E-state index in [0.717, 1.165) is 12.1 Å². The molecule has 0 radical (unpaired) electrons. The van der Waals surface area contributed by atoms with E-state index in [9.17, 15) is 44.3 Å². The second kappa shape index (κ2) is 6.30. The van der Waals surface area contributed by atoms with Crippen molar-refractivity contribution in [1.82, 2.24) is 5.32 Å². The van der Waals surface area contributed by atoms with Gasteiger partial charge < -0.3 is 4.74 Å². The summed E-state index contributed by atoms with van der Waals surface area (Å²) in [4.78, 5) is 11.3. The molecule has 0 aliphatic carbocycles. The van der Waals surface area contributed by atoms with Gasteiger partial charge in [-0.05, 0) is 37.1 Å². The number of carbonyl (C=O) groups is 1. The summed E-state index contributed by atoms with van der Waals surface area (Å²) in [5.41, 5.74) is -5.38. The summed E-state index contributed by atoms with van der Waals surface area (Å²) in [6.45, 7) is 3.08. The molecule has 1 rings (SSSR count). The molecular formula is C13H10F9NO2. The summed E-state index contributed by atoms with van der Waals surface area (Å²) >= 11 is 0. The highest BCUT2D eigenvalue weighted by molar-refractivity contribution is 5.72. The predicted octanol–water partition coefficient (Wildman–Crippen LogP) is 4.82.